The minimum Gasteiger partial charge on any atom is -0.338 e. The van der Waals surface area contributed by atoms with Crippen molar-refractivity contribution < 1.29 is 9.45 Å². The molecule has 0 unspecified atom stereocenters. The molecule has 1 saturated carbocycles. The molecule has 0 aliphatic heterocycles. The summed E-state index contributed by atoms with van der Waals surface area (Å²) in [6.07, 6.45) is 2.09. The molecule has 24 heavy (non-hydrogen) atoms. The lowest BCUT2D eigenvalue weighted by Crippen LogP contribution is -2.03. The van der Waals surface area contributed by atoms with Gasteiger partial charge in [0.05, 0.1) is 5.69 Å². The lowest BCUT2D eigenvalue weighted by molar-refractivity contribution is -0.496. The zero-order valence-electron chi connectivity index (χ0n) is 13.1. The van der Waals surface area contributed by atoms with Gasteiger partial charge in [0.25, 0.3) is 0 Å². The highest BCUT2D eigenvalue weighted by Gasteiger charge is 2.53. The van der Waals surface area contributed by atoms with Crippen molar-refractivity contribution in [2.45, 2.75) is 32.2 Å². The molecule has 0 saturated heterocycles. The molecule has 3 aromatic rings. The fourth-order valence-electron chi connectivity index (χ4n) is 2.69. The van der Waals surface area contributed by atoms with E-state index in [0.717, 1.165) is 11.4 Å². The summed E-state index contributed by atoms with van der Waals surface area (Å²) in [6.45, 7) is 3.89. The van der Waals surface area contributed by atoms with Crippen LogP contribution >= 0.6 is 0 Å². The van der Waals surface area contributed by atoms with E-state index in [-0.39, 0.29) is 10.8 Å². The molecule has 3 aromatic heterocycles. The van der Waals surface area contributed by atoms with E-state index in [0.29, 0.717) is 29.5 Å². The molecule has 1 aliphatic rings. The predicted octanol–water partition coefficient (Wildman–Crippen LogP) is 2.07. The van der Waals surface area contributed by atoms with Crippen LogP contribution in [0.3, 0.4) is 0 Å². The topological polar surface area (TPSA) is 113 Å². The number of pyridine rings is 1. The van der Waals surface area contributed by atoms with Crippen molar-refractivity contribution in [1.82, 2.24) is 24.9 Å². The molecular weight excluding hydrogens is 312 g/mol. The standard InChI is InChI=1S/C15H14N6O3/c1-8-5-9(2)20(18-8)13-4-3-10(7-16-13)14-17-15(24-19-14)11-6-12(11)21(22)23/h3-5,7,11-12H,6H2,1-2H3/t11-,12-/m0/s1. The van der Waals surface area contributed by atoms with Gasteiger partial charge in [0.15, 0.2) is 5.82 Å². The number of nitrogens with zero attached hydrogens (tertiary/aromatic N) is 6. The first kappa shape index (κ1) is 14.5. The average Bonchev–Trinajstić information content (AvgIpc) is 3.09. The molecule has 0 spiro atoms. The maximum absolute atomic E-state index is 10.7. The number of aromatic nitrogens is 5. The molecule has 0 aromatic carbocycles. The molecule has 9 nitrogen and oxygen atoms in total. The fourth-order valence-corrected chi connectivity index (χ4v) is 2.69. The minimum atomic E-state index is -0.607. The highest BCUT2D eigenvalue weighted by molar-refractivity contribution is 5.54. The highest BCUT2D eigenvalue weighted by Crippen LogP contribution is 2.42. The summed E-state index contributed by atoms with van der Waals surface area (Å²) in [5, 5.41) is 19.0. The SMILES string of the molecule is Cc1cc(C)n(-c2ccc(-c3noc([C@H]4C[C@@H]4[N+](=O)[O-])n3)cn2)n1. The summed E-state index contributed by atoms with van der Waals surface area (Å²) >= 11 is 0. The highest BCUT2D eigenvalue weighted by atomic mass is 16.6. The van der Waals surface area contributed by atoms with Crippen molar-refractivity contribution in [2.24, 2.45) is 0 Å². The Balaban J connectivity index is 1.57. The van der Waals surface area contributed by atoms with Crippen LogP contribution in [-0.2, 0) is 0 Å². The Hall–Kier alpha value is -3.10. The number of hydrogen-bond acceptors (Lipinski definition) is 7. The van der Waals surface area contributed by atoms with Crippen LogP contribution in [0.15, 0.2) is 28.9 Å². The second-order valence-electron chi connectivity index (χ2n) is 5.90. The normalized spacial score (nSPS) is 19.4. The Morgan fingerprint density at radius 1 is 1.38 bits per heavy atom. The summed E-state index contributed by atoms with van der Waals surface area (Å²) in [5.41, 5.74) is 2.61. The van der Waals surface area contributed by atoms with E-state index >= 15 is 0 Å². The van der Waals surface area contributed by atoms with E-state index < -0.39 is 6.04 Å². The van der Waals surface area contributed by atoms with Crippen LogP contribution in [0.1, 0.15) is 29.6 Å². The fraction of sp³-hybridized carbons (Fsp3) is 0.333. The third-order valence-corrected chi connectivity index (χ3v) is 4.02. The second kappa shape index (κ2) is 5.22. The Kier molecular flexibility index (Phi) is 3.15. The van der Waals surface area contributed by atoms with Gasteiger partial charge in [-0.05, 0) is 32.0 Å². The summed E-state index contributed by atoms with van der Waals surface area (Å²) in [7, 11) is 0. The van der Waals surface area contributed by atoms with Crippen molar-refractivity contribution in [3.63, 3.8) is 0 Å². The van der Waals surface area contributed by atoms with Gasteiger partial charge in [-0.15, -0.1) is 0 Å². The molecule has 1 aliphatic carbocycles. The molecule has 0 radical (unpaired) electrons. The molecule has 2 atom stereocenters. The minimum absolute atomic E-state index is 0.275. The van der Waals surface area contributed by atoms with Crippen molar-refractivity contribution in [3.8, 4) is 17.2 Å². The molecular formula is C15H14N6O3. The first-order valence-electron chi connectivity index (χ1n) is 7.50. The van der Waals surface area contributed by atoms with Gasteiger partial charge in [-0.3, -0.25) is 10.1 Å². The van der Waals surface area contributed by atoms with Crippen LogP contribution in [0.5, 0.6) is 0 Å². The molecule has 9 heteroatoms. The largest absolute Gasteiger partial charge is 0.338 e. The van der Waals surface area contributed by atoms with E-state index in [1.54, 1.807) is 10.9 Å². The quantitative estimate of drug-likeness (QED) is 0.532. The Morgan fingerprint density at radius 3 is 2.79 bits per heavy atom. The summed E-state index contributed by atoms with van der Waals surface area (Å²) in [5.74, 6) is 1.12. The molecule has 0 bridgehead atoms. The molecule has 1 fully saturated rings. The monoisotopic (exact) mass is 326 g/mol. The summed E-state index contributed by atoms with van der Waals surface area (Å²) in [4.78, 5) is 19.1. The first-order valence-corrected chi connectivity index (χ1v) is 7.50. The van der Waals surface area contributed by atoms with Crippen LogP contribution in [-0.4, -0.2) is 35.9 Å². The lowest BCUT2D eigenvalue weighted by Gasteiger charge is -2.03. The lowest BCUT2D eigenvalue weighted by atomic mass is 10.2. The van der Waals surface area contributed by atoms with E-state index in [1.165, 1.54) is 0 Å². The number of nitro groups is 1. The van der Waals surface area contributed by atoms with Crippen molar-refractivity contribution >= 4 is 0 Å². The van der Waals surface area contributed by atoms with Crippen LogP contribution < -0.4 is 0 Å². The van der Waals surface area contributed by atoms with Crippen LogP contribution in [0.4, 0.5) is 0 Å². The van der Waals surface area contributed by atoms with Gasteiger partial charge in [0.1, 0.15) is 5.92 Å². The number of rotatable bonds is 4. The van der Waals surface area contributed by atoms with E-state index in [1.807, 2.05) is 32.0 Å². The van der Waals surface area contributed by atoms with E-state index in [2.05, 4.69) is 20.2 Å². The van der Waals surface area contributed by atoms with Crippen LogP contribution in [0.25, 0.3) is 17.2 Å². The Bertz CT molecular complexity index is 914. The van der Waals surface area contributed by atoms with Crippen LogP contribution in [0, 0.1) is 24.0 Å². The van der Waals surface area contributed by atoms with Gasteiger partial charge < -0.3 is 4.52 Å². The smallest absolute Gasteiger partial charge is 0.237 e. The van der Waals surface area contributed by atoms with E-state index in [4.69, 9.17) is 4.52 Å². The van der Waals surface area contributed by atoms with E-state index in [9.17, 15) is 10.1 Å². The maximum Gasteiger partial charge on any atom is 0.237 e. The molecule has 0 amide bonds. The van der Waals surface area contributed by atoms with Gasteiger partial charge in [-0.25, -0.2) is 9.67 Å². The molecule has 122 valence electrons. The third kappa shape index (κ3) is 2.43. The maximum atomic E-state index is 10.7. The average molecular weight is 326 g/mol. The number of aryl methyl sites for hydroxylation is 2. The van der Waals surface area contributed by atoms with Crippen molar-refractivity contribution in [1.29, 1.82) is 0 Å². The second-order valence-corrected chi connectivity index (χ2v) is 5.90. The van der Waals surface area contributed by atoms with Crippen molar-refractivity contribution in [3.05, 3.63) is 51.8 Å². The van der Waals surface area contributed by atoms with Crippen molar-refractivity contribution in [2.75, 3.05) is 0 Å². The van der Waals surface area contributed by atoms with Gasteiger partial charge >= 0.3 is 0 Å². The van der Waals surface area contributed by atoms with Gasteiger partial charge in [-0.1, -0.05) is 5.16 Å². The van der Waals surface area contributed by atoms with Gasteiger partial charge in [0.2, 0.25) is 17.8 Å². The summed E-state index contributed by atoms with van der Waals surface area (Å²) in [6, 6.07) is 5.01. The first-order chi connectivity index (χ1) is 11.5. The van der Waals surface area contributed by atoms with Crippen LogP contribution in [0.2, 0.25) is 0 Å². The predicted molar refractivity (Wildman–Crippen MR) is 82.3 cm³/mol. The molecule has 0 N–H and O–H groups in total. The number of hydrogen-bond donors (Lipinski definition) is 0. The summed E-state index contributed by atoms with van der Waals surface area (Å²) < 4.78 is 6.91. The Labute approximate surface area is 136 Å². The van der Waals surface area contributed by atoms with Gasteiger partial charge in [0, 0.05) is 28.8 Å². The molecule has 4 rings (SSSR count). The zero-order valence-corrected chi connectivity index (χ0v) is 13.1. The Morgan fingerprint density at radius 2 is 2.21 bits per heavy atom. The molecule has 3 heterocycles. The zero-order chi connectivity index (χ0) is 16.8. The van der Waals surface area contributed by atoms with Gasteiger partial charge in [-0.2, -0.15) is 10.1 Å². The third-order valence-electron chi connectivity index (χ3n) is 4.02.